The van der Waals surface area contributed by atoms with Crippen LogP contribution in [-0.4, -0.2) is 57.6 Å². The van der Waals surface area contributed by atoms with Crippen LogP contribution in [0.5, 0.6) is 0 Å². The Hall–Kier alpha value is -3.72. The topological polar surface area (TPSA) is 82.6 Å². The molecule has 15 heteroatoms. The second kappa shape index (κ2) is 12.5. The van der Waals surface area contributed by atoms with Crippen molar-refractivity contribution in [3.63, 3.8) is 0 Å². The van der Waals surface area contributed by atoms with Crippen molar-refractivity contribution in [3.8, 4) is 11.1 Å². The first-order valence-corrected chi connectivity index (χ1v) is 16.1. The molecule has 1 fully saturated rings. The zero-order chi connectivity index (χ0) is 34.4. The summed E-state index contributed by atoms with van der Waals surface area (Å²) < 4.78 is 119. The fourth-order valence-corrected chi connectivity index (χ4v) is 5.93. The van der Waals surface area contributed by atoms with E-state index in [-0.39, 0.29) is 23.7 Å². The largest absolute Gasteiger partial charge is 0.416 e. The van der Waals surface area contributed by atoms with Crippen LogP contribution >= 0.6 is 0 Å². The average molecular weight is 675 g/mol. The van der Waals surface area contributed by atoms with Crippen LogP contribution in [0.3, 0.4) is 0 Å². The van der Waals surface area contributed by atoms with Crippen molar-refractivity contribution >= 4 is 27.2 Å². The van der Waals surface area contributed by atoms with Crippen LogP contribution in [-0.2, 0) is 32.4 Å². The first-order chi connectivity index (χ1) is 21.1. The first kappa shape index (κ1) is 35.1. The van der Waals surface area contributed by atoms with Gasteiger partial charge in [-0.15, -0.1) is 0 Å². The summed E-state index contributed by atoms with van der Waals surface area (Å²) in [7, 11) is -1.91. The Balaban J connectivity index is 1.76. The predicted octanol–water partition coefficient (Wildman–Crippen LogP) is 6.34. The summed E-state index contributed by atoms with van der Waals surface area (Å²) in [4.78, 5) is 21.5. The number of rotatable bonds is 8. The number of sulfone groups is 1. The van der Waals surface area contributed by atoms with Gasteiger partial charge in [0.15, 0.2) is 9.84 Å². The number of benzene rings is 2. The van der Waals surface area contributed by atoms with Gasteiger partial charge in [-0.1, -0.05) is 6.07 Å². The summed E-state index contributed by atoms with van der Waals surface area (Å²) in [5.74, 6) is -1.05. The Kier molecular flexibility index (Phi) is 9.53. The van der Waals surface area contributed by atoms with Gasteiger partial charge < -0.3 is 9.80 Å². The molecule has 1 atom stereocenters. The highest BCUT2D eigenvalue weighted by molar-refractivity contribution is 7.90. The van der Waals surface area contributed by atoms with Gasteiger partial charge in [0.2, 0.25) is 5.91 Å². The summed E-state index contributed by atoms with van der Waals surface area (Å²) in [6.07, 6.45) is -7.09. The molecule has 0 radical (unpaired) electrons. The van der Waals surface area contributed by atoms with Crippen LogP contribution in [0.2, 0.25) is 0 Å². The Morgan fingerprint density at radius 1 is 0.978 bits per heavy atom. The molecule has 1 aromatic heterocycles. The molecule has 2 heterocycles. The Labute approximate surface area is 262 Å². The lowest BCUT2D eigenvalue weighted by molar-refractivity contribution is -0.143. The molecule has 0 aliphatic carbocycles. The number of carbonyl (C=O) groups is 1. The maximum absolute atomic E-state index is 14.1. The SMILES string of the molecule is Cc1cc(F)ccc1-c1cc(N2CC[C@H](NCS(C)(=O)=O)C2)ncc1N(C)C(=O)C(C)(C)c1cc(C(F)(F)F)cc(C(F)(F)F)c1. The van der Waals surface area contributed by atoms with Crippen LogP contribution in [0.4, 0.5) is 42.2 Å². The number of hydrogen-bond donors (Lipinski definition) is 1. The van der Waals surface area contributed by atoms with Crippen LogP contribution in [0, 0.1) is 12.7 Å². The molecule has 2 aromatic carbocycles. The summed E-state index contributed by atoms with van der Waals surface area (Å²) in [6.45, 7) is 5.06. The van der Waals surface area contributed by atoms with Gasteiger partial charge in [-0.2, -0.15) is 26.3 Å². The van der Waals surface area contributed by atoms with Gasteiger partial charge in [-0.3, -0.25) is 10.1 Å². The molecule has 0 bridgehead atoms. The molecule has 250 valence electrons. The van der Waals surface area contributed by atoms with Crippen molar-refractivity contribution in [3.05, 3.63) is 76.7 Å². The highest BCUT2D eigenvalue weighted by Crippen LogP contribution is 2.41. The highest BCUT2D eigenvalue weighted by Gasteiger charge is 2.41. The van der Waals surface area contributed by atoms with E-state index in [1.807, 2.05) is 4.90 Å². The number of likely N-dealkylation sites (N-methyl/N-ethyl adjacent to an activating group) is 1. The van der Waals surface area contributed by atoms with Crippen LogP contribution < -0.4 is 15.1 Å². The number of aromatic nitrogens is 1. The van der Waals surface area contributed by atoms with E-state index < -0.39 is 56.0 Å². The van der Waals surface area contributed by atoms with Gasteiger partial charge in [0.1, 0.15) is 11.6 Å². The molecule has 0 spiro atoms. The number of aryl methyl sites for hydroxylation is 1. The normalized spacial score (nSPS) is 16.2. The number of alkyl halides is 6. The maximum Gasteiger partial charge on any atom is 0.416 e. The Morgan fingerprint density at radius 2 is 1.57 bits per heavy atom. The molecular formula is C31H33F7N4O3S. The minimum atomic E-state index is -5.09. The van der Waals surface area contributed by atoms with Crippen molar-refractivity contribution in [2.24, 2.45) is 0 Å². The number of anilines is 2. The Bertz CT molecular complexity index is 1710. The molecule has 1 aliphatic heterocycles. The van der Waals surface area contributed by atoms with Crippen LogP contribution in [0.25, 0.3) is 11.1 Å². The van der Waals surface area contributed by atoms with Crippen molar-refractivity contribution in [2.75, 3.05) is 42.1 Å². The van der Waals surface area contributed by atoms with E-state index in [1.54, 1.807) is 13.0 Å². The third kappa shape index (κ3) is 7.80. The molecule has 1 N–H and O–H groups in total. The molecule has 1 aliphatic rings. The fourth-order valence-electron chi connectivity index (χ4n) is 5.39. The monoisotopic (exact) mass is 674 g/mol. The van der Waals surface area contributed by atoms with E-state index in [9.17, 15) is 43.9 Å². The Morgan fingerprint density at radius 3 is 2.11 bits per heavy atom. The van der Waals surface area contributed by atoms with Crippen molar-refractivity contribution in [1.29, 1.82) is 0 Å². The van der Waals surface area contributed by atoms with E-state index in [1.165, 1.54) is 45.3 Å². The van der Waals surface area contributed by atoms with E-state index in [0.717, 1.165) is 11.2 Å². The minimum absolute atomic E-state index is 0.00540. The standard InChI is InChI=1S/C31H33F7N4O3S/c1-18-10-22(32)6-7-24(18)25-14-27(42-9-8-23(16-42)40-17-46(5,44)45)39-15-26(25)41(4)28(43)29(2,3)19-11-20(30(33,34)35)13-21(12-19)31(36,37)38/h6-7,10-15,23,40H,8-9,16-17H2,1-5H3/t23-/m0/s1. The number of amides is 1. The smallest absolute Gasteiger partial charge is 0.355 e. The number of hydrogen-bond acceptors (Lipinski definition) is 6. The van der Waals surface area contributed by atoms with Gasteiger partial charge in [0, 0.05) is 38.0 Å². The molecule has 1 amide bonds. The fraction of sp³-hybridized carbons (Fsp3) is 0.419. The number of nitrogens with zero attached hydrogens (tertiary/aromatic N) is 3. The van der Waals surface area contributed by atoms with Gasteiger partial charge in [0.25, 0.3) is 0 Å². The van der Waals surface area contributed by atoms with Crippen molar-refractivity contribution in [2.45, 2.75) is 51.0 Å². The summed E-state index contributed by atoms with van der Waals surface area (Å²) in [6, 6.07) is 6.60. The van der Waals surface area contributed by atoms with Crippen molar-refractivity contribution < 1.29 is 43.9 Å². The number of halogens is 7. The van der Waals surface area contributed by atoms with Crippen LogP contribution in [0.15, 0.2) is 48.7 Å². The predicted molar refractivity (Wildman–Crippen MR) is 161 cm³/mol. The third-order valence-electron chi connectivity index (χ3n) is 8.00. The van der Waals surface area contributed by atoms with Gasteiger partial charge in [-0.25, -0.2) is 17.8 Å². The lowest BCUT2D eigenvalue weighted by Gasteiger charge is -2.32. The van der Waals surface area contributed by atoms with Gasteiger partial charge in [-0.05, 0) is 80.3 Å². The number of carbonyl (C=O) groups excluding carboxylic acids is 1. The van der Waals surface area contributed by atoms with E-state index >= 15 is 0 Å². The van der Waals surface area contributed by atoms with E-state index in [4.69, 9.17) is 0 Å². The molecule has 46 heavy (non-hydrogen) atoms. The quantitative estimate of drug-likeness (QED) is 0.281. The molecule has 0 saturated carbocycles. The minimum Gasteiger partial charge on any atom is -0.355 e. The molecule has 1 saturated heterocycles. The first-order valence-electron chi connectivity index (χ1n) is 14.1. The summed E-state index contributed by atoms with van der Waals surface area (Å²) in [5.41, 5.74) is -3.80. The second-order valence-electron chi connectivity index (χ2n) is 12.0. The number of nitrogens with one attached hydrogen (secondary N) is 1. The third-order valence-corrected chi connectivity index (χ3v) is 8.69. The second-order valence-corrected chi connectivity index (χ2v) is 14.1. The lowest BCUT2D eigenvalue weighted by atomic mass is 9.81. The highest BCUT2D eigenvalue weighted by atomic mass is 32.2. The van der Waals surface area contributed by atoms with Gasteiger partial charge >= 0.3 is 12.4 Å². The molecule has 4 rings (SSSR count). The zero-order valence-electron chi connectivity index (χ0n) is 25.6. The summed E-state index contributed by atoms with van der Waals surface area (Å²) in [5, 5.41) is 2.99. The zero-order valence-corrected chi connectivity index (χ0v) is 26.5. The maximum atomic E-state index is 14.1. The van der Waals surface area contributed by atoms with Crippen LogP contribution in [0.1, 0.15) is 42.5 Å². The molecule has 0 unspecified atom stereocenters. The number of pyridine rings is 1. The molecule has 3 aromatic rings. The summed E-state index contributed by atoms with van der Waals surface area (Å²) >= 11 is 0. The average Bonchev–Trinajstić information content (AvgIpc) is 3.43. The van der Waals surface area contributed by atoms with Gasteiger partial charge in [0.05, 0.1) is 34.3 Å². The van der Waals surface area contributed by atoms with Crippen molar-refractivity contribution in [1.82, 2.24) is 10.3 Å². The molecule has 7 nitrogen and oxygen atoms in total. The van der Waals surface area contributed by atoms with E-state index in [0.29, 0.717) is 54.2 Å². The van der Waals surface area contributed by atoms with E-state index in [2.05, 4.69) is 10.3 Å². The lowest BCUT2D eigenvalue weighted by Crippen LogP contribution is -2.42. The molecular weight excluding hydrogens is 641 g/mol.